The lowest BCUT2D eigenvalue weighted by Gasteiger charge is -2.07. The zero-order chi connectivity index (χ0) is 15.0. The smallest absolute Gasteiger partial charge is 0.298 e. The Bertz CT molecular complexity index is 804. The van der Waals surface area contributed by atoms with Gasteiger partial charge in [-0.3, -0.25) is 4.79 Å². The van der Waals surface area contributed by atoms with Crippen molar-refractivity contribution in [2.24, 2.45) is 0 Å². The lowest BCUT2D eigenvalue weighted by Crippen LogP contribution is -2.05. The number of nitrogens with zero attached hydrogens (tertiary/aromatic N) is 2. The topological polar surface area (TPSA) is 34.9 Å². The number of benzene rings is 2. The first-order valence-electron chi connectivity index (χ1n) is 6.09. The molecule has 0 saturated heterocycles. The van der Waals surface area contributed by atoms with Crippen molar-refractivity contribution < 1.29 is 18.0 Å². The third-order valence-corrected chi connectivity index (χ3v) is 3.12. The van der Waals surface area contributed by atoms with Gasteiger partial charge in [-0.1, -0.05) is 0 Å². The molecule has 3 nitrogen and oxygen atoms in total. The van der Waals surface area contributed by atoms with Crippen LogP contribution in [0.5, 0.6) is 0 Å². The molecular formula is C15H9F3N2O. The van der Waals surface area contributed by atoms with E-state index in [2.05, 4.69) is 5.10 Å². The van der Waals surface area contributed by atoms with E-state index in [9.17, 15) is 18.0 Å². The summed E-state index contributed by atoms with van der Waals surface area (Å²) in [5.74, 6) is 0. The fraction of sp³-hybridized carbons (Fsp3) is 0.0667. The summed E-state index contributed by atoms with van der Waals surface area (Å²) in [6.07, 6.45) is -1.95. The van der Waals surface area contributed by atoms with Gasteiger partial charge in [0.2, 0.25) is 0 Å². The lowest BCUT2D eigenvalue weighted by atomic mass is 10.2. The van der Waals surface area contributed by atoms with Gasteiger partial charge in [-0.15, -0.1) is 0 Å². The van der Waals surface area contributed by atoms with Gasteiger partial charge in [0.25, 0.3) is 0 Å². The molecule has 1 aromatic heterocycles. The summed E-state index contributed by atoms with van der Waals surface area (Å²) >= 11 is 0. The number of carbonyl (C=O) groups is 1. The molecule has 21 heavy (non-hydrogen) atoms. The van der Waals surface area contributed by atoms with Crippen LogP contribution >= 0.6 is 0 Å². The molecule has 0 unspecified atom stereocenters. The van der Waals surface area contributed by atoms with Crippen LogP contribution in [0.4, 0.5) is 13.2 Å². The van der Waals surface area contributed by atoms with Gasteiger partial charge in [0.1, 0.15) is 6.29 Å². The minimum Gasteiger partial charge on any atom is -0.298 e. The van der Waals surface area contributed by atoms with Crippen LogP contribution in [0.15, 0.2) is 48.7 Å². The maximum absolute atomic E-state index is 12.5. The molecule has 0 aliphatic carbocycles. The largest absolute Gasteiger partial charge is 0.416 e. The SMILES string of the molecule is O=Cc1ccc2nn(-c3ccc(C(F)(F)F)cc3)cc2c1. The summed E-state index contributed by atoms with van der Waals surface area (Å²) in [6.45, 7) is 0. The summed E-state index contributed by atoms with van der Waals surface area (Å²) in [4.78, 5) is 10.7. The van der Waals surface area contributed by atoms with Gasteiger partial charge in [-0.2, -0.15) is 18.3 Å². The monoisotopic (exact) mass is 290 g/mol. The minimum atomic E-state index is -4.35. The molecule has 0 fully saturated rings. The molecule has 0 saturated carbocycles. The highest BCUT2D eigenvalue weighted by atomic mass is 19.4. The van der Waals surface area contributed by atoms with Crippen molar-refractivity contribution in [2.45, 2.75) is 6.18 Å². The van der Waals surface area contributed by atoms with Gasteiger partial charge >= 0.3 is 6.18 Å². The number of rotatable bonds is 2. The Balaban J connectivity index is 2.02. The van der Waals surface area contributed by atoms with E-state index in [1.807, 2.05) is 0 Å². The van der Waals surface area contributed by atoms with Crippen molar-refractivity contribution in [3.63, 3.8) is 0 Å². The van der Waals surface area contributed by atoms with E-state index >= 15 is 0 Å². The fourth-order valence-corrected chi connectivity index (χ4v) is 2.05. The predicted molar refractivity (Wildman–Crippen MR) is 71.5 cm³/mol. The molecule has 106 valence electrons. The molecule has 0 aliphatic rings. The number of fused-ring (bicyclic) bond motifs is 1. The van der Waals surface area contributed by atoms with Crippen LogP contribution < -0.4 is 0 Å². The van der Waals surface area contributed by atoms with Gasteiger partial charge in [-0.05, 0) is 42.5 Å². The molecule has 0 bridgehead atoms. The van der Waals surface area contributed by atoms with Crippen molar-refractivity contribution >= 4 is 17.2 Å². The molecule has 0 N–H and O–H groups in total. The Kier molecular flexibility index (Phi) is 3.01. The first-order valence-corrected chi connectivity index (χ1v) is 6.09. The van der Waals surface area contributed by atoms with Crippen molar-refractivity contribution in [3.05, 3.63) is 59.8 Å². The van der Waals surface area contributed by atoms with Gasteiger partial charge < -0.3 is 0 Å². The first-order chi connectivity index (χ1) is 9.97. The van der Waals surface area contributed by atoms with E-state index in [1.165, 1.54) is 16.8 Å². The zero-order valence-electron chi connectivity index (χ0n) is 10.6. The standard InChI is InChI=1S/C15H9F3N2O/c16-15(17,18)12-2-4-13(5-3-12)20-8-11-7-10(9-21)1-6-14(11)19-20/h1-9H. The summed E-state index contributed by atoms with van der Waals surface area (Å²) in [5, 5.41) is 5.02. The van der Waals surface area contributed by atoms with Gasteiger partial charge in [0.15, 0.2) is 0 Å². The number of hydrogen-bond acceptors (Lipinski definition) is 2. The fourth-order valence-electron chi connectivity index (χ4n) is 2.05. The van der Waals surface area contributed by atoms with Gasteiger partial charge in [0.05, 0.1) is 16.8 Å². The summed E-state index contributed by atoms with van der Waals surface area (Å²) in [6, 6.07) is 9.75. The first kappa shape index (κ1) is 13.4. The summed E-state index contributed by atoms with van der Waals surface area (Å²) < 4.78 is 39.0. The Morgan fingerprint density at radius 2 is 1.76 bits per heavy atom. The van der Waals surface area contributed by atoms with Crippen molar-refractivity contribution in [1.82, 2.24) is 9.78 Å². The molecule has 0 radical (unpaired) electrons. The Hall–Kier alpha value is -2.63. The van der Waals surface area contributed by atoms with E-state index in [1.54, 1.807) is 24.4 Å². The van der Waals surface area contributed by atoms with E-state index in [0.29, 0.717) is 16.8 Å². The van der Waals surface area contributed by atoms with E-state index in [4.69, 9.17) is 0 Å². The second-order valence-corrected chi connectivity index (χ2v) is 4.55. The number of alkyl halides is 3. The van der Waals surface area contributed by atoms with Crippen LogP contribution in [0.1, 0.15) is 15.9 Å². The molecule has 0 amide bonds. The molecule has 1 heterocycles. The minimum absolute atomic E-state index is 0.520. The molecule has 0 spiro atoms. The van der Waals surface area contributed by atoms with Crippen LogP contribution in [0.3, 0.4) is 0 Å². The highest BCUT2D eigenvalue weighted by molar-refractivity contribution is 5.86. The molecule has 0 aliphatic heterocycles. The van der Waals surface area contributed by atoms with E-state index < -0.39 is 11.7 Å². The van der Waals surface area contributed by atoms with Crippen LogP contribution in [0, 0.1) is 0 Å². The van der Waals surface area contributed by atoms with Crippen molar-refractivity contribution in [2.75, 3.05) is 0 Å². The predicted octanol–water partition coefficient (Wildman–Crippen LogP) is 3.86. The molecular weight excluding hydrogens is 281 g/mol. The van der Waals surface area contributed by atoms with Crippen molar-refractivity contribution in [1.29, 1.82) is 0 Å². The van der Waals surface area contributed by atoms with Crippen LogP contribution in [-0.2, 0) is 6.18 Å². The molecule has 3 rings (SSSR count). The maximum atomic E-state index is 12.5. The zero-order valence-corrected chi connectivity index (χ0v) is 10.6. The molecule has 6 heteroatoms. The quantitative estimate of drug-likeness (QED) is 0.672. The van der Waals surface area contributed by atoms with Crippen LogP contribution in [0.2, 0.25) is 0 Å². The van der Waals surface area contributed by atoms with Crippen molar-refractivity contribution in [3.8, 4) is 5.69 Å². The van der Waals surface area contributed by atoms with Gasteiger partial charge in [-0.25, -0.2) is 4.68 Å². The molecule has 2 aromatic carbocycles. The number of hydrogen-bond donors (Lipinski definition) is 0. The second-order valence-electron chi connectivity index (χ2n) is 4.55. The average molecular weight is 290 g/mol. The highest BCUT2D eigenvalue weighted by Gasteiger charge is 2.30. The molecule has 0 atom stereocenters. The number of halogens is 3. The number of aromatic nitrogens is 2. The normalized spacial score (nSPS) is 11.8. The van der Waals surface area contributed by atoms with Crippen LogP contribution in [-0.4, -0.2) is 16.1 Å². The second kappa shape index (κ2) is 4.73. The molecule has 3 aromatic rings. The Morgan fingerprint density at radius 3 is 2.38 bits per heavy atom. The van der Waals surface area contributed by atoms with Crippen LogP contribution in [0.25, 0.3) is 16.6 Å². The number of carbonyl (C=O) groups excluding carboxylic acids is 1. The lowest BCUT2D eigenvalue weighted by molar-refractivity contribution is -0.137. The summed E-state index contributed by atoms with van der Waals surface area (Å²) in [7, 11) is 0. The van der Waals surface area contributed by atoms with E-state index in [0.717, 1.165) is 23.8 Å². The Labute approximate surface area is 117 Å². The average Bonchev–Trinajstić information content (AvgIpc) is 2.89. The van der Waals surface area contributed by atoms with Gasteiger partial charge in [0, 0.05) is 17.1 Å². The maximum Gasteiger partial charge on any atom is 0.416 e. The third kappa shape index (κ3) is 2.52. The highest BCUT2D eigenvalue weighted by Crippen LogP contribution is 2.29. The Morgan fingerprint density at radius 1 is 1.05 bits per heavy atom. The third-order valence-electron chi connectivity index (χ3n) is 3.12. The summed E-state index contributed by atoms with van der Waals surface area (Å²) in [5.41, 5.74) is 1.01. The number of aldehydes is 1. The van der Waals surface area contributed by atoms with E-state index in [-0.39, 0.29) is 0 Å².